The molecule has 0 aliphatic carbocycles. The van der Waals surface area contributed by atoms with Crippen LogP contribution in [0.25, 0.3) is 0 Å². The molecule has 2 nitrogen and oxygen atoms in total. The molecule has 66 valence electrons. The van der Waals surface area contributed by atoms with Gasteiger partial charge < -0.3 is 0 Å². The van der Waals surface area contributed by atoms with E-state index in [-0.39, 0.29) is 0 Å². The number of thioether (sulfide) groups is 1. The molecule has 2 aliphatic rings. The second kappa shape index (κ2) is 3.21. The highest BCUT2D eigenvalue weighted by Gasteiger charge is 2.35. The van der Waals surface area contributed by atoms with Crippen molar-refractivity contribution in [3.05, 3.63) is 0 Å². The van der Waals surface area contributed by atoms with Crippen molar-refractivity contribution in [1.29, 1.82) is 0 Å². The number of hydrogen-bond acceptors (Lipinski definition) is 2. The van der Waals surface area contributed by atoms with Crippen molar-refractivity contribution in [3.8, 4) is 0 Å². The Morgan fingerprint density at radius 2 is 2.50 bits per heavy atom. The molecule has 0 fully saturated rings. The van der Waals surface area contributed by atoms with Gasteiger partial charge in [0.15, 0.2) is 0 Å². The van der Waals surface area contributed by atoms with Gasteiger partial charge in [-0.15, -0.1) is 0 Å². The molecule has 0 radical (unpaired) electrons. The number of nitrogens with zero attached hydrogens (tertiary/aromatic N) is 2. The Morgan fingerprint density at radius 3 is 3.25 bits per heavy atom. The molecule has 2 rings (SSSR count). The monoisotopic (exact) mass is 183 g/mol. The van der Waals surface area contributed by atoms with Crippen molar-refractivity contribution in [1.82, 2.24) is 0 Å². The third kappa shape index (κ3) is 1.20. The molecule has 0 N–H and O–H groups in total. The lowest BCUT2D eigenvalue weighted by molar-refractivity contribution is -0.407. The minimum absolute atomic E-state index is 0.659. The highest BCUT2D eigenvalue weighted by atomic mass is 32.2. The summed E-state index contributed by atoms with van der Waals surface area (Å²) in [5.74, 6) is 0. The summed E-state index contributed by atoms with van der Waals surface area (Å²) < 4.78 is 2.42. The molecular weight excluding hydrogens is 168 g/mol. The van der Waals surface area contributed by atoms with Crippen LogP contribution in [0.5, 0.6) is 0 Å². The zero-order valence-electron chi connectivity index (χ0n) is 7.71. The molecular formula is C9H15N2S+. The van der Waals surface area contributed by atoms with Gasteiger partial charge in [0.2, 0.25) is 0 Å². The third-order valence-corrected chi connectivity index (χ3v) is 3.66. The Morgan fingerprint density at radius 1 is 1.67 bits per heavy atom. The number of hydrogen-bond donors (Lipinski definition) is 0. The predicted molar refractivity (Wildman–Crippen MR) is 54.4 cm³/mol. The summed E-state index contributed by atoms with van der Waals surface area (Å²) in [6.07, 6.45) is 2.40. The zero-order valence-corrected chi connectivity index (χ0v) is 8.52. The highest BCUT2D eigenvalue weighted by molar-refractivity contribution is 8.14. The third-order valence-electron chi connectivity index (χ3n) is 2.48. The van der Waals surface area contributed by atoms with Crippen LogP contribution in [0.2, 0.25) is 0 Å². The molecule has 0 bridgehead atoms. The zero-order chi connectivity index (χ0) is 8.55. The van der Waals surface area contributed by atoms with Gasteiger partial charge in [-0.05, 0) is 18.7 Å². The Hall–Kier alpha value is -0.310. The van der Waals surface area contributed by atoms with Gasteiger partial charge in [0.05, 0.1) is 17.5 Å². The summed E-state index contributed by atoms with van der Waals surface area (Å²) in [6.45, 7) is 6.75. The molecule has 0 amide bonds. The van der Waals surface area contributed by atoms with Gasteiger partial charge >= 0.3 is 5.17 Å². The Bertz CT molecular complexity index is 255. The first-order chi connectivity index (χ1) is 5.83. The molecule has 3 heteroatoms. The number of aliphatic imine (C=N–C) groups is 1. The van der Waals surface area contributed by atoms with Crippen LogP contribution in [0.1, 0.15) is 26.7 Å². The van der Waals surface area contributed by atoms with Crippen LogP contribution in [-0.4, -0.2) is 33.8 Å². The lowest BCUT2D eigenvalue weighted by atomic mass is 10.2. The number of rotatable bonds is 1. The summed E-state index contributed by atoms with van der Waals surface area (Å²) in [7, 11) is 0. The van der Waals surface area contributed by atoms with Crippen molar-refractivity contribution in [2.24, 2.45) is 4.99 Å². The van der Waals surface area contributed by atoms with Crippen LogP contribution in [0.4, 0.5) is 0 Å². The van der Waals surface area contributed by atoms with Crippen molar-refractivity contribution in [3.63, 3.8) is 0 Å². The lowest BCUT2D eigenvalue weighted by Gasteiger charge is -2.05. The maximum atomic E-state index is 4.52. The number of amidine groups is 1. The first-order valence-electron chi connectivity index (χ1n) is 4.67. The van der Waals surface area contributed by atoms with Crippen LogP contribution in [0.3, 0.4) is 0 Å². The van der Waals surface area contributed by atoms with E-state index < -0.39 is 0 Å². The number of fused-ring (bicyclic) bond motifs is 1. The van der Waals surface area contributed by atoms with Crippen molar-refractivity contribution < 1.29 is 4.58 Å². The molecule has 1 unspecified atom stereocenters. The van der Waals surface area contributed by atoms with E-state index in [1.54, 1.807) is 5.71 Å². The predicted octanol–water partition coefficient (Wildman–Crippen LogP) is 1.74. The van der Waals surface area contributed by atoms with Crippen LogP contribution in [0.15, 0.2) is 4.99 Å². The molecule has 2 heterocycles. The summed E-state index contributed by atoms with van der Waals surface area (Å²) in [4.78, 5) is 4.52. The van der Waals surface area contributed by atoms with Crippen molar-refractivity contribution in [2.45, 2.75) is 31.9 Å². The van der Waals surface area contributed by atoms with Gasteiger partial charge in [-0.2, -0.15) is 0 Å². The second-order valence-electron chi connectivity index (χ2n) is 3.27. The van der Waals surface area contributed by atoms with Gasteiger partial charge in [-0.1, -0.05) is 11.9 Å². The van der Waals surface area contributed by atoms with Gasteiger partial charge in [0.1, 0.15) is 6.54 Å². The molecule has 2 aliphatic heterocycles. The van der Waals surface area contributed by atoms with E-state index >= 15 is 0 Å². The maximum absolute atomic E-state index is 4.52. The maximum Gasteiger partial charge on any atom is 0.354 e. The Labute approximate surface area is 77.8 Å². The fraction of sp³-hybridized carbons (Fsp3) is 0.778. The fourth-order valence-electron chi connectivity index (χ4n) is 1.88. The summed E-state index contributed by atoms with van der Waals surface area (Å²) in [5, 5.41) is 1.93. The molecule has 1 atom stereocenters. The fourth-order valence-corrected chi connectivity index (χ4v) is 3.12. The highest BCUT2D eigenvalue weighted by Crippen LogP contribution is 2.26. The second-order valence-corrected chi connectivity index (χ2v) is 4.58. The average molecular weight is 183 g/mol. The van der Waals surface area contributed by atoms with Crippen LogP contribution >= 0.6 is 11.8 Å². The van der Waals surface area contributed by atoms with E-state index in [0.29, 0.717) is 5.25 Å². The van der Waals surface area contributed by atoms with E-state index in [1.165, 1.54) is 24.6 Å². The molecule has 0 spiro atoms. The lowest BCUT2D eigenvalue weighted by Crippen LogP contribution is -2.26. The van der Waals surface area contributed by atoms with Crippen LogP contribution < -0.4 is 0 Å². The minimum Gasteiger partial charge on any atom is -0.225 e. The van der Waals surface area contributed by atoms with E-state index in [0.717, 1.165) is 6.54 Å². The van der Waals surface area contributed by atoms with E-state index in [1.807, 2.05) is 11.8 Å². The minimum atomic E-state index is 0.659. The van der Waals surface area contributed by atoms with Crippen molar-refractivity contribution >= 4 is 22.6 Å². The van der Waals surface area contributed by atoms with E-state index in [9.17, 15) is 0 Å². The molecule has 0 saturated carbocycles. The topological polar surface area (TPSA) is 15.4 Å². The molecule has 0 aromatic carbocycles. The average Bonchev–Trinajstić information content (AvgIpc) is 2.40. The van der Waals surface area contributed by atoms with Crippen LogP contribution in [-0.2, 0) is 0 Å². The smallest absolute Gasteiger partial charge is 0.225 e. The van der Waals surface area contributed by atoms with E-state index in [4.69, 9.17) is 0 Å². The summed E-state index contributed by atoms with van der Waals surface area (Å²) >= 11 is 1.92. The quantitative estimate of drug-likeness (QED) is 0.565. The molecule has 0 aromatic rings. The van der Waals surface area contributed by atoms with Gasteiger partial charge in [0, 0.05) is 12.8 Å². The first-order valence-corrected chi connectivity index (χ1v) is 5.55. The molecule has 0 saturated heterocycles. The first kappa shape index (κ1) is 8.30. The standard InChI is InChI=1S/C9H15N2S/c1-3-8-7(2)12-9-10-5-4-6-11(8)9/h7H,3-6H2,1-2H3/q+1. The molecule has 0 aromatic heterocycles. The molecule has 12 heavy (non-hydrogen) atoms. The van der Waals surface area contributed by atoms with Crippen molar-refractivity contribution in [2.75, 3.05) is 13.1 Å². The Balaban J connectivity index is 2.36. The summed E-state index contributed by atoms with van der Waals surface area (Å²) in [5.41, 5.74) is 1.57. The normalized spacial score (nSPS) is 28.8. The van der Waals surface area contributed by atoms with Gasteiger partial charge in [0.25, 0.3) is 0 Å². The van der Waals surface area contributed by atoms with Gasteiger partial charge in [-0.3, -0.25) is 0 Å². The van der Waals surface area contributed by atoms with Gasteiger partial charge in [-0.25, -0.2) is 4.58 Å². The Kier molecular flexibility index (Phi) is 2.22. The SMILES string of the molecule is CCC1=[N+]2CCCN=C2SC1C. The summed E-state index contributed by atoms with van der Waals surface area (Å²) in [6, 6.07) is 0. The van der Waals surface area contributed by atoms with Crippen LogP contribution in [0, 0.1) is 0 Å². The largest absolute Gasteiger partial charge is 0.354 e. The van der Waals surface area contributed by atoms with E-state index in [2.05, 4.69) is 23.4 Å².